The first-order valence-electron chi connectivity index (χ1n) is 5.82. The van der Waals surface area contributed by atoms with Gasteiger partial charge in [0.1, 0.15) is 5.76 Å². The first-order valence-corrected chi connectivity index (χ1v) is 5.82. The van der Waals surface area contributed by atoms with Crippen LogP contribution in [-0.2, 0) is 4.74 Å². The highest BCUT2D eigenvalue weighted by atomic mass is 16.5. The fourth-order valence-electron chi connectivity index (χ4n) is 1.79. The largest absolute Gasteiger partial charge is 0.494 e. The summed E-state index contributed by atoms with van der Waals surface area (Å²) in [5.41, 5.74) is 2.34. The van der Waals surface area contributed by atoms with Crippen molar-refractivity contribution in [2.24, 2.45) is 0 Å². The van der Waals surface area contributed by atoms with E-state index in [9.17, 15) is 0 Å². The number of hydrogen-bond donors (Lipinski definition) is 1. The molecular weight excluding hydrogens is 198 g/mol. The molecule has 0 aromatic heterocycles. The third-order valence-electron chi connectivity index (χ3n) is 2.69. The Kier molecular flexibility index (Phi) is 5.06. The van der Waals surface area contributed by atoms with Crippen molar-refractivity contribution in [3.63, 3.8) is 0 Å². The van der Waals surface area contributed by atoms with E-state index in [2.05, 4.69) is 37.0 Å². The molecule has 1 N–H and O–H groups in total. The minimum absolute atomic E-state index is 0.398. The van der Waals surface area contributed by atoms with Crippen LogP contribution >= 0.6 is 0 Å². The van der Waals surface area contributed by atoms with Crippen molar-refractivity contribution in [2.75, 3.05) is 13.7 Å². The number of nitrogens with one attached hydrogen (secondary N) is 1. The van der Waals surface area contributed by atoms with Gasteiger partial charge in [-0.05, 0) is 32.0 Å². The van der Waals surface area contributed by atoms with Crippen LogP contribution in [0, 0.1) is 0 Å². The van der Waals surface area contributed by atoms with Gasteiger partial charge in [0.2, 0.25) is 0 Å². The Labute approximate surface area is 98.3 Å². The summed E-state index contributed by atoms with van der Waals surface area (Å²) < 4.78 is 5.42. The highest BCUT2D eigenvalue weighted by Crippen LogP contribution is 2.21. The van der Waals surface area contributed by atoms with Crippen molar-refractivity contribution in [3.8, 4) is 0 Å². The summed E-state index contributed by atoms with van der Waals surface area (Å²) in [5.74, 6) is 0.746. The van der Waals surface area contributed by atoms with Gasteiger partial charge in [-0.2, -0.15) is 0 Å². The highest BCUT2D eigenvalue weighted by molar-refractivity contribution is 5.58. The molecule has 0 saturated heterocycles. The molecule has 88 valence electrons. The standard InChI is InChI=1S/C14H21NO/c1-5-14(15-4)13-9-7-8-12(10-13)11(3)16-6-2/h7-10,14-15H,3,5-6H2,1-2,4H3. The van der Waals surface area contributed by atoms with Crippen LogP contribution in [-0.4, -0.2) is 13.7 Å². The number of rotatable bonds is 6. The van der Waals surface area contributed by atoms with E-state index in [1.807, 2.05) is 20.0 Å². The van der Waals surface area contributed by atoms with E-state index < -0.39 is 0 Å². The van der Waals surface area contributed by atoms with Crippen molar-refractivity contribution < 1.29 is 4.74 Å². The molecule has 1 aromatic carbocycles. The summed E-state index contributed by atoms with van der Waals surface area (Å²) in [4.78, 5) is 0. The lowest BCUT2D eigenvalue weighted by molar-refractivity contribution is 0.299. The molecule has 0 saturated carbocycles. The maximum atomic E-state index is 5.42. The van der Waals surface area contributed by atoms with E-state index in [4.69, 9.17) is 4.74 Å². The van der Waals surface area contributed by atoms with E-state index in [1.165, 1.54) is 5.56 Å². The van der Waals surface area contributed by atoms with Gasteiger partial charge in [-0.25, -0.2) is 0 Å². The molecule has 0 aliphatic rings. The van der Waals surface area contributed by atoms with Crippen LogP contribution in [0.2, 0.25) is 0 Å². The summed E-state index contributed by atoms with van der Waals surface area (Å²) in [7, 11) is 1.98. The predicted molar refractivity (Wildman–Crippen MR) is 69.2 cm³/mol. The van der Waals surface area contributed by atoms with Gasteiger partial charge in [-0.1, -0.05) is 31.7 Å². The summed E-state index contributed by atoms with van der Waals surface area (Å²) >= 11 is 0. The Bertz CT molecular complexity index is 342. The van der Waals surface area contributed by atoms with E-state index in [-0.39, 0.29) is 0 Å². The van der Waals surface area contributed by atoms with Crippen LogP contribution in [0.5, 0.6) is 0 Å². The molecule has 1 rings (SSSR count). The Morgan fingerprint density at radius 3 is 2.75 bits per heavy atom. The van der Waals surface area contributed by atoms with Gasteiger partial charge in [0, 0.05) is 11.6 Å². The zero-order valence-corrected chi connectivity index (χ0v) is 10.4. The minimum Gasteiger partial charge on any atom is -0.494 e. The quantitative estimate of drug-likeness (QED) is 0.741. The molecule has 0 spiro atoms. The van der Waals surface area contributed by atoms with Crippen LogP contribution in [0.25, 0.3) is 5.76 Å². The Balaban J connectivity index is 2.89. The number of benzene rings is 1. The Morgan fingerprint density at radius 1 is 1.44 bits per heavy atom. The molecule has 0 radical (unpaired) electrons. The highest BCUT2D eigenvalue weighted by Gasteiger charge is 2.08. The molecule has 0 aliphatic heterocycles. The van der Waals surface area contributed by atoms with E-state index in [0.717, 1.165) is 17.7 Å². The van der Waals surface area contributed by atoms with Crippen LogP contribution in [0.15, 0.2) is 30.8 Å². The topological polar surface area (TPSA) is 21.3 Å². The van der Waals surface area contributed by atoms with Gasteiger partial charge in [0.15, 0.2) is 0 Å². The molecular formula is C14H21NO. The summed E-state index contributed by atoms with van der Waals surface area (Å²) in [6.07, 6.45) is 1.07. The van der Waals surface area contributed by atoms with Crippen molar-refractivity contribution >= 4 is 5.76 Å². The molecule has 0 aliphatic carbocycles. The average molecular weight is 219 g/mol. The second-order valence-electron chi connectivity index (χ2n) is 3.73. The lowest BCUT2D eigenvalue weighted by Crippen LogP contribution is -2.15. The van der Waals surface area contributed by atoms with Gasteiger partial charge < -0.3 is 10.1 Å². The molecule has 0 amide bonds. The number of ether oxygens (including phenoxy) is 1. The maximum absolute atomic E-state index is 5.42. The number of hydrogen-bond acceptors (Lipinski definition) is 2. The van der Waals surface area contributed by atoms with Gasteiger partial charge in [-0.15, -0.1) is 0 Å². The first kappa shape index (κ1) is 12.8. The molecule has 1 atom stereocenters. The van der Waals surface area contributed by atoms with Crippen LogP contribution in [0.4, 0.5) is 0 Å². The summed E-state index contributed by atoms with van der Waals surface area (Å²) in [6.45, 7) is 8.72. The molecule has 2 nitrogen and oxygen atoms in total. The first-order chi connectivity index (χ1) is 7.72. The Hall–Kier alpha value is -1.28. The maximum Gasteiger partial charge on any atom is 0.119 e. The van der Waals surface area contributed by atoms with Gasteiger partial charge >= 0.3 is 0 Å². The molecule has 1 unspecified atom stereocenters. The molecule has 0 bridgehead atoms. The lowest BCUT2D eigenvalue weighted by Gasteiger charge is -2.16. The SMILES string of the molecule is C=C(OCC)c1cccc(C(CC)NC)c1. The Morgan fingerprint density at radius 2 is 2.19 bits per heavy atom. The molecule has 2 heteroatoms. The predicted octanol–water partition coefficient (Wildman–Crippen LogP) is 3.36. The van der Waals surface area contributed by atoms with E-state index in [1.54, 1.807) is 0 Å². The van der Waals surface area contributed by atoms with Crippen LogP contribution in [0.1, 0.15) is 37.4 Å². The fourth-order valence-corrected chi connectivity index (χ4v) is 1.79. The van der Waals surface area contributed by atoms with Crippen LogP contribution in [0.3, 0.4) is 0 Å². The van der Waals surface area contributed by atoms with Crippen molar-refractivity contribution in [3.05, 3.63) is 42.0 Å². The lowest BCUT2D eigenvalue weighted by atomic mass is 10.0. The van der Waals surface area contributed by atoms with E-state index in [0.29, 0.717) is 12.6 Å². The summed E-state index contributed by atoms with van der Waals surface area (Å²) in [6, 6.07) is 8.75. The monoisotopic (exact) mass is 219 g/mol. The normalized spacial score (nSPS) is 12.2. The van der Waals surface area contributed by atoms with Crippen molar-refractivity contribution in [1.82, 2.24) is 5.32 Å². The third-order valence-corrected chi connectivity index (χ3v) is 2.69. The van der Waals surface area contributed by atoms with E-state index >= 15 is 0 Å². The van der Waals surface area contributed by atoms with Crippen molar-refractivity contribution in [2.45, 2.75) is 26.3 Å². The zero-order chi connectivity index (χ0) is 12.0. The molecule has 0 heterocycles. The average Bonchev–Trinajstić information content (AvgIpc) is 2.31. The third kappa shape index (κ3) is 3.11. The van der Waals surface area contributed by atoms with Gasteiger partial charge in [0.05, 0.1) is 6.61 Å². The zero-order valence-electron chi connectivity index (χ0n) is 10.4. The van der Waals surface area contributed by atoms with Crippen LogP contribution < -0.4 is 5.32 Å². The van der Waals surface area contributed by atoms with Gasteiger partial charge in [-0.3, -0.25) is 0 Å². The molecule has 16 heavy (non-hydrogen) atoms. The minimum atomic E-state index is 0.398. The molecule has 0 fully saturated rings. The smallest absolute Gasteiger partial charge is 0.119 e. The second-order valence-corrected chi connectivity index (χ2v) is 3.73. The van der Waals surface area contributed by atoms with Gasteiger partial charge in [0.25, 0.3) is 0 Å². The second kappa shape index (κ2) is 6.33. The fraction of sp³-hybridized carbons (Fsp3) is 0.429. The molecule has 1 aromatic rings. The summed E-state index contributed by atoms with van der Waals surface area (Å²) in [5, 5.41) is 3.30. The van der Waals surface area contributed by atoms with Crippen molar-refractivity contribution in [1.29, 1.82) is 0 Å².